The molecule has 0 aliphatic heterocycles. The molecule has 0 amide bonds. The molecule has 0 radical (unpaired) electrons. The molecule has 3 aromatic rings. The Morgan fingerprint density at radius 1 is 1.18 bits per heavy atom. The fourth-order valence-electron chi connectivity index (χ4n) is 2.38. The third-order valence-electron chi connectivity index (χ3n) is 3.78. The van der Waals surface area contributed by atoms with Gasteiger partial charge in [-0.1, -0.05) is 12.1 Å². The number of aryl methyl sites for hydroxylation is 2. The lowest BCUT2D eigenvalue weighted by Crippen LogP contribution is -1.99. The molecule has 3 rings (SSSR count). The minimum atomic E-state index is -0.932. The summed E-state index contributed by atoms with van der Waals surface area (Å²) in [5.74, 6) is -0.293. The number of aromatic nitrogens is 2. The van der Waals surface area contributed by atoms with Gasteiger partial charge in [-0.3, -0.25) is 0 Å². The van der Waals surface area contributed by atoms with Gasteiger partial charge < -0.3 is 10.4 Å². The molecule has 22 heavy (non-hydrogen) atoms. The second-order valence-corrected chi connectivity index (χ2v) is 6.14. The molecule has 2 aromatic heterocycles. The van der Waals surface area contributed by atoms with E-state index in [1.165, 1.54) is 23.2 Å². The predicted molar refractivity (Wildman–Crippen MR) is 88.3 cm³/mol. The highest BCUT2D eigenvalue weighted by molar-refractivity contribution is 7.20. The van der Waals surface area contributed by atoms with E-state index in [0.717, 1.165) is 16.6 Å². The Bertz CT molecular complexity index is 886. The highest BCUT2D eigenvalue weighted by Gasteiger charge is 2.18. The zero-order valence-corrected chi connectivity index (χ0v) is 13.3. The van der Waals surface area contributed by atoms with Gasteiger partial charge in [0.05, 0.1) is 5.39 Å². The summed E-state index contributed by atoms with van der Waals surface area (Å²) in [5, 5.41) is 13.4. The second-order valence-electron chi connectivity index (χ2n) is 5.14. The number of nitrogens with one attached hydrogen (secondary N) is 1. The Morgan fingerprint density at radius 2 is 1.95 bits per heavy atom. The molecule has 2 heterocycles. The van der Waals surface area contributed by atoms with Crippen LogP contribution in [0.1, 0.15) is 26.4 Å². The van der Waals surface area contributed by atoms with E-state index in [4.69, 9.17) is 0 Å². The van der Waals surface area contributed by atoms with Gasteiger partial charge in [-0.25, -0.2) is 14.8 Å². The van der Waals surface area contributed by atoms with Gasteiger partial charge in [0, 0.05) is 5.69 Å². The lowest BCUT2D eigenvalue weighted by atomic mass is 10.1. The first kappa shape index (κ1) is 14.5. The molecule has 0 bridgehead atoms. The molecule has 0 aliphatic carbocycles. The number of carbonyl (C=O) groups is 1. The summed E-state index contributed by atoms with van der Waals surface area (Å²) >= 11 is 1.17. The number of fused-ring (bicyclic) bond motifs is 1. The van der Waals surface area contributed by atoms with E-state index >= 15 is 0 Å². The van der Waals surface area contributed by atoms with Gasteiger partial charge in [0.15, 0.2) is 0 Å². The van der Waals surface area contributed by atoms with Crippen molar-refractivity contribution in [2.45, 2.75) is 20.8 Å². The van der Waals surface area contributed by atoms with E-state index in [2.05, 4.69) is 28.3 Å². The Hall–Kier alpha value is -2.47. The first-order valence-corrected chi connectivity index (χ1v) is 7.61. The van der Waals surface area contributed by atoms with Crippen molar-refractivity contribution in [2.75, 3.05) is 5.32 Å². The van der Waals surface area contributed by atoms with E-state index in [1.54, 1.807) is 6.92 Å². The molecule has 1 aromatic carbocycles. The minimum Gasteiger partial charge on any atom is -0.477 e. The van der Waals surface area contributed by atoms with Crippen molar-refractivity contribution in [2.24, 2.45) is 0 Å². The standard InChI is InChI=1S/C16H15N3O2S/c1-8-5-4-6-11(9(8)2)19-14-12-10(3)13(16(20)21)22-15(12)18-7-17-14/h4-7H,1-3H3,(H,20,21)(H,17,18,19). The quantitative estimate of drug-likeness (QED) is 0.762. The van der Waals surface area contributed by atoms with E-state index in [-0.39, 0.29) is 0 Å². The summed E-state index contributed by atoms with van der Waals surface area (Å²) in [6, 6.07) is 6.01. The normalized spacial score (nSPS) is 10.9. The van der Waals surface area contributed by atoms with Gasteiger partial charge in [-0.2, -0.15) is 0 Å². The van der Waals surface area contributed by atoms with Crippen LogP contribution in [0.25, 0.3) is 10.2 Å². The average Bonchev–Trinajstić information content (AvgIpc) is 2.82. The zero-order valence-electron chi connectivity index (χ0n) is 12.5. The number of carboxylic acids is 1. The molecule has 0 fully saturated rings. The molecule has 112 valence electrons. The summed E-state index contributed by atoms with van der Waals surface area (Å²) in [6.45, 7) is 5.88. The van der Waals surface area contributed by atoms with Crippen LogP contribution in [0.15, 0.2) is 24.5 Å². The molecule has 0 atom stereocenters. The molecule has 5 nitrogen and oxygen atoms in total. The van der Waals surface area contributed by atoms with Gasteiger partial charge in [0.1, 0.15) is 21.9 Å². The number of aromatic carboxylic acids is 1. The molecule has 2 N–H and O–H groups in total. The lowest BCUT2D eigenvalue weighted by Gasteiger charge is -2.11. The van der Waals surface area contributed by atoms with Gasteiger partial charge in [0.25, 0.3) is 0 Å². The van der Waals surface area contributed by atoms with Crippen molar-refractivity contribution in [3.05, 3.63) is 46.1 Å². The maximum Gasteiger partial charge on any atom is 0.346 e. The average molecular weight is 313 g/mol. The van der Waals surface area contributed by atoms with Crippen LogP contribution in [0.5, 0.6) is 0 Å². The van der Waals surface area contributed by atoms with Gasteiger partial charge >= 0.3 is 5.97 Å². The van der Waals surface area contributed by atoms with Crippen LogP contribution in [0.2, 0.25) is 0 Å². The van der Waals surface area contributed by atoms with Crippen LogP contribution in [0.4, 0.5) is 11.5 Å². The van der Waals surface area contributed by atoms with E-state index in [1.807, 2.05) is 19.1 Å². The zero-order chi connectivity index (χ0) is 15.9. The Morgan fingerprint density at radius 3 is 2.68 bits per heavy atom. The van der Waals surface area contributed by atoms with Crippen molar-refractivity contribution in [3.63, 3.8) is 0 Å². The molecule has 0 saturated heterocycles. The van der Waals surface area contributed by atoms with Crippen LogP contribution in [-0.4, -0.2) is 21.0 Å². The third-order valence-corrected chi connectivity index (χ3v) is 4.97. The van der Waals surface area contributed by atoms with E-state index in [0.29, 0.717) is 21.1 Å². The van der Waals surface area contributed by atoms with Crippen LogP contribution in [-0.2, 0) is 0 Å². The van der Waals surface area contributed by atoms with E-state index < -0.39 is 5.97 Å². The molecule has 0 aliphatic rings. The topological polar surface area (TPSA) is 75.1 Å². The van der Waals surface area contributed by atoms with Crippen LogP contribution in [0.3, 0.4) is 0 Å². The summed E-state index contributed by atoms with van der Waals surface area (Å²) < 4.78 is 0. The summed E-state index contributed by atoms with van der Waals surface area (Å²) in [5.41, 5.74) is 3.98. The predicted octanol–water partition coefficient (Wildman–Crippen LogP) is 4.06. The highest BCUT2D eigenvalue weighted by atomic mass is 32.1. The largest absolute Gasteiger partial charge is 0.477 e. The maximum atomic E-state index is 11.3. The summed E-state index contributed by atoms with van der Waals surface area (Å²) in [7, 11) is 0. The van der Waals surface area contributed by atoms with Crippen LogP contribution < -0.4 is 5.32 Å². The monoisotopic (exact) mass is 313 g/mol. The molecule has 6 heteroatoms. The maximum absolute atomic E-state index is 11.3. The fraction of sp³-hybridized carbons (Fsp3) is 0.188. The number of anilines is 2. The number of hydrogen-bond acceptors (Lipinski definition) is 5. The third kappa shape index (κ3) is 2.31. The number of hydrogen-bond donors (Lipinski definition) is 2. The molecular formula is C16H15N3O2S. The number of nitrogens with zero attached hydrogens (tertiary/aromatic N) is 2. The summed E-state index contributed by atoms with van der Waals surface area (Å²) in [6.07, 6.45) is 1.46. The molecule has 0 unspecified atom stereocenters. The second kappa shape index (κ2) is 5.38. The Balaban J connectivity index is 2.15. The van der Waals surface area contributed by atoms with Crippen molar-refractivity contribution >= 4 is 39.0 Å². The van der Waals surface area contributed by atoms with Crippen LogP contribution in [0, 0.1) is 20.8 Å². The SMILES string of the molecule is Cc1cccc(Nc2ncnc3sc(C(=O)O)c(C)c23)c1C. The highest BCUT2D eigenvalue weighted by Crippen LogP contribution is 2.35. The van der Waals surface area contributed by atoms with Gasteiger partial charge in [0.2, 0.25) is 0 Å². The first-order chi connectivity index (χ1) is 10.5. The fourth-order valence-corrected chi connectivity index (χ4v) is 3.37. The smallest absolute Gasteiger partial charge is 0.346 e. The Kier molecular flexibility index (Phi) is 3.54. The van der Waals surface area contributed by atoms with Gasteiger partial charge in [-0.15, -0.1) is 11.3 Å². The number of thiophene rings is 1. The summed E-state index contributed by atoms with van der Waals surface area (Å²) in [4.78, 5) is 20.8. The van der Waals surface area contributed by atoms with Crippen molar-refractivity contribution in [1.82, 2.24) is 9.97 Å². The number of carboxylic acid groups (broad SMARTS) is 1. The van der Waals surface area contributed by atoms with E-state index in [9.17, 15) is 9.90 Å². The Labute approximate surface area is 131 Å². The number of benzene rings is 1. The van der Waals surface area contributed by atoms with Crippen molar-refractivity contribution in [3.8, 4) is 0 Å². The van der Waals surface area contributed by atoms with Gasteiger partial charge in [-0.05, 0) is 43.5 Å². The van der Waals surface area contributed by atoms with Crippen molar-refractivity contribution in [1.29, 1.82) is 0 Å². The van der Waals surface area contributed by atoms with Crippen molar-refractivity contribution < 1.29 is 9.90 Å². The van der Waals surface area contributed by atoms with Crippen LogP contribution >= 0.6 is 11.3 Å². The first-order valence-electron chi connectivity index (χ1n) is 6.79. The lowest BCUT2D eigenvalue weighted by molar-refractivity contribution is 0.0701. The minimum absolute atomic E-state index is 0.305. The molecule has 0 spiro atoms. The molecular weight excluding hydrogens is 298 g/mol. The number of rotatable bonds is 3. The molecule has 0 saturated carbocycles.